The number of rotatable bonds is 7. The summed E-state index contributed by atoms with van der Waals surface area (Å²) in [5.74, 6) is 1.15. The molecule has 162 valence electrons. The Morgan fingerprint density at radius 3 is 2.91 bits per heavy atom. The van der Waals surface area contributed by atoms with Crippen LogP contribution in [-0.2, 0) is 6.42 Å². The molecule has 2 N–H and O–H groups in total. The van der Waals surface area contributed by atoms with Crippen LogP contribution >= 0.6 is 11.6 Å². The maximum Gasteiger partial charge on any atom is 0.180 e. The maximum atomic E-state index is 6.20. The monoisotopic (exact) mass is 444 g/mol. The van der Waals surface area contributed by atoms with Crippen LogP contribution in [-0.4, -0.2) is 30.9 Å². The van der Waals surface area contributed by atoms with Gasteiger partial charge in [-0.25, -0.2) is 9.97 Å². The summed E-state index contributed by atoms with van der Waals surface area (Å²) in [4.78, 5) is 17.2. The van der Waals surface area contributed by atoms with Gasteiger partial charge in [-0.1, -0.05) is 43.6 Å². The van der Waals surface area contributed by atoms with Crippen LogP contribution in [0.3, 0.4) is 0 Å². The SMILES string of the molecule is CCC(C)c1cnc2c(NCCc3c[nH]c4ccccc34)nc(-c3cncc(Cl)c3)cn12. The van der Waals surface area contributed by atoms with Crippen molar-refractivity contribution in [3.8, 4) is 11.3 Å². The van der Waals surface area contributed by atoms with Crippen molar-refractivity contribution in [2.75, 3.05) is 11.9 Å². The summed E-state index contributed by atoms with van der Waals surface area (Å²) < 4.78 is 2.14. The van der Waals surface area contributed by atoms with Gasteiger partial charge in [-0.3, -0.25) is 9.38 Å². The quantitative estimate of drug-likeness (QED) is 0.318. The van der Waals surface area contributed by atoms with E-state index in [9.17, 15) is 0 Å². The number of imidazole rings is 1. The molecular formula is C25H25ClN6. The fourth-order valence-electron chi connectivity index (χ4n) is 4.04. The Bertz CT molecular complexity index is 1390. The number of aromatic nitrogens is 5. The van der Waals surface area contributed by atoms with Crippen LogP contribution in [0.5, 0.6) is 0 Å². The van der Waals surface area contributed by atoms with E-state index in [2.05, 4.69) is 57.9 Å². The Kier molecular flexibility index (Phi) is 5.53. The second-order valence-electron chi connectivity index (χ2n) is 8.09. The van der Waals surface area contributed by atoms with E-state index >= 15 is 0 Å². The number of anilines is 1. The van der Waals surface area contributed by atoms with Crippen molar-refractivity contribution in [1.29, 1.82) is 0 Å². The number of para-hydroxylation sites is 1. The molecule has 0 amide bonds. The van der Waals surface area contributed by atoms with Gasteiger partial charge >= 0.3 is 0 Å². The van der Waals surface area contributed by atoms with Gasteiger partial charge in [0.2, 0.25) is 0 Å². The molecule has 4 aromatic heterocycles. The van der Waals surface area contributed by atoms with Gasteiger partial charge < -0.3 is 10.3 Å². The molecule has 5 rings (SSSR count). The molecular weight excluding hydrogens is 420 g/mol. The third-order valence-corrected chi connectivity index (χ3v) is 6.21. The predicted molar refractivity (Wildman–Crippen MR) is 130 cm³/mol. The number of hydrogen-bond acceptors (Lipinski definition) is 4. The molecule has 1 aromatic carbocycles. The number of fused-ring (bicyclic) bond motifs is 2. The Balaban J connectivity index is 1.50. The molecule has 0 radical (unpaired) electrons. The summed E-state index contributed by atoms with van der Waals surface area (Å²) >= 11 is 6.20. The van der Waals surface area contributed by atoms with Crippen LogP contribution in [0.2, 0.25) is 5.02 Å². The van der Waals surface area contributed by atoms with Crippen molar-refractivity contribution >= 4 is 34.0 Å². The smallest absolute Gasteiger partial charge is 0.180 e. The number of hydrogen-bond donors (Lipinski definition) is 2. The third-order valence-electron chi connectivity index (χ3n) is 6.00. The largest absolute Gasteiger partial charge is 0.367 e. The molecule has 7 heteroatoms. The van der Waals surface area contributed by atoms with Crippen LogP contribution < -0.4 is 5.32 Å². The minimum Gasteiger partial charge on any atom is -0.367 e. The van der Waals surface area contributed by atoms with Gasteiger partial charge in [0.15, 0.2) is 11.5 Å². The van der Waals surface area contributed by atoms with Crippen LogP contribution in [0.15, 0.2) is 61.3 Å². The number of aromatic amines is 1. The van der Waals surface area contributed by atoms with Crippen LogP contribution in [0.4, 0.5) is 5.82 Å². The van der Waals surface area contributed by atoms with Crippen LogP contribution in [0.25, 0.3) is 27.8 Å². The summed E-state index contributed by atoms with van der Waals surface area (Å²) in [7, 11) is 0. The van der Waals surface area contributed by atoms with E-state index < -0.39 is 0 Å². The molecule has 6 nitrogen and oxygen atoms in total. The lowest BCUT2D eigenvalue weighted by Gasteiger charge is -2.13. The lowest BCUT2D eigenvalue weighted by Crippen LogP contribution is -2.09. The normalized spacial score (nSPS) is 12.5. The second-order valence-corrected chi connectivity index (χ2v) is 8.53. The molecule has 0 bridgehead atoms. The molecule has 1 unspecified atom stereocenters. The van der Waals surface area contributed by atoms with Gasteiger partial charge in [-0.15, -0.1) is 0 Å². The van der Waals surface area contributed by atoms with Crippen molar-refractivity contribution < 1.29 is 0 Å². The summed E-state index contributed by atoms with van der Waals surface area (Å²) in [6, 6.07) is 10.3. The first-order valence-electron chi connectivity index (χ1n) is 10.9. The molecule has 0 saturated carbocycles. The van der Waals surface area contributed by atoms with Crippen molar-refractivity contribution in [2.24, 2.45) is 0 Å². The first kappa shape index (κ1) is 20.5. The zero-order valence-electron chi connectivity index (χ0n) is 18.1. The zero-order chi connectivity index (χ0) is 22.1. The Labute approximate surface area is 191 Å². The summed E-state index contributed by atoms with van der Waals surface area (Å²) in [5.41, 5.74) is 6.12. The fourth-order valence-corrected chi connectivity index (χ4v) is 4.22. The van der Waals surface area contributed by atoms with Crippen molar-refractivity contribution in [3.63, 3.8) is 0 Å². The number of nitrogens with zero attached hydrogens (tertiary/aromatic N) is 4. The van der Waals surface area contributed by atoms with Crippen LogP contribution in [0.1, 0.15) is 37.4 Å². The van der Waals surface area contributed by atoms with Gasteiger partial charge in [0.1, 0.15) is 0 Å². The van der Waals surface area contributed by atoms with E-state index in [0.29, 0.717) is 10.9 Å². The number of nitrogens with one attached hydrogen (secondary N) is 2. The third kappa shape index (κ3) is 3.82. The molecule has 1 atom stereocenters. The maximum absolute atomic E-state index is 6.20. The molecule has 0 aliphatic heterocycles. The number of halogens is 1. The van der Waals surface area contributed by atoms with E-state index in [1.165, 1.54) is 16.6 Å². The molecule has 0 spiro atoms. The molecule has 0 saturated heterocycles. The average molecular weight is 445 g/mol. The van der Waals surface area contributed by atoms with E-state index in [1.807, 2.05) is 24.5 Å². The minimum atomic E-state index is 0.386. The topological polar surface area (TPSA) is 70.9 Å². The highest BCUT2D eigenvalue weighted by Gasteiger charge is 2.16. The van der Waals surface area contributed by atoms with E-state index in [4.69, 9.17) is 21.6 Å². The van der Waals surface area contributed by atoms with E-state index in [0.717, 1.165) is 47.6 Å². The molecule has 0 aliphatic carbocycles. The van der Waals surface area contributed by atoms with Crippen molar-refractivity contribution in [2.45, 2.75) is 32.6 Å². The Morgan fingerprint density at radius 1 is 1.19 bits per heavy atom. The Morgan fingerprint density at radius 2 is 2.06 bits per heavy atom. The molecule has 4 heterocycles. The molecule has 0 aliphatic rings. The highest BCUT2D eigenvalue weighted by Crippen LogP contribution is 2.28. The van der Waals surface area contributed by atoms with E-state index in [1.54, 1.807) is 12.4 Å². The summed E-state index contributed by atoms with van der Waals surface area (Å²) in [6.45, 7) is 5.15. The summed E-state index contributed by atoms with van der Waals surface area (Å²) in [6.07, 6.45) is 11.4. The second kappa shape index (κ2) is 8.63. The first-order valence-corrected chi connectivity index (χ1v) is 11.3. The lowest BCUT2D eigenvalue weighted by atomic mass is 10.1. The summed E-state index contributed by atoms with van der Waals surface area (Å²) in [5, 5.41) is 5.37. The number of benzene rings is 1. The average Bonchev–Trinajstić information content (AvgIpc) is 3.43. The van der Waals surface area contributed by atoms with Gasteiger partial charge in [0.25, 0.3) is 0 Å². The van der Waals surface area contributed by atoms with Crippen molar-refractivity contribution in [1.82, 2.24) is 24.3 Å². The fraction of sp³-hybridized carbons (Fsp3) is 0.240. The number of pyridine rings is 1. The first-order chi connectivity index (χ1) is 15.6. The van der Waals surface area contributed by atoms with E-state index in [-0.39, 0.29) is 0 Å². The van der Waals surface area contributed by atoms with Gasteiger partial charge in [0, 0.05) is 59.7 Å². The van der Waals surface area contributed by atoms with Crippen LogP contribution in [0, 0.1) is 0 Å². The van der Waals surface area contributed by atoms with Gasteiger partial charge in [0.05, 0.1) is 10.7 Å². The molecule has 0 fully saturated rings. The standard InChI is InChI=1S/C25H25ClN6/c1-3-16(2)23-14-30-25-24(28-9-8-17-12-29-21-7-5-4-6-20(17)21)31-22(15-32(23)25)18-10-19(26)13-27-11-18/h4-7,10-16,29H,3,8-9H2,1-2H3,(H,28,31). The highest BCUT2D eigenvalue weighted by molar-refractivity contribution is 6.30. The minimum absolute atomic E-state index is 0.386. The lowest BCUT2D eigenvalue weighted by molar-refractivity contribution is 0.700. The van der Waals surface area contributed by atoms with Gasteiger partial charge in [-0.2, -0.15) is 0 Å². The number of H-pyrrole nitrogens is 1. The molecule has 5 aromatic rings. The zero-order valence-corrected chi connectivity index (χ0v) is 18.9. The predicted octanol–water partition coefficient (Wildman–Crippen LogP) is 6.09. The molecule has 32 heavy (non-hydrogen) atoms. The van der Waals surface area contributed by atoms with Gasteiger partial charge in [-0.05, 0) is 36.5 Å². The van der Waals surface area contributed by atoms with Crippen molar-refractivity contribution in [3.05, 3.63) is 77.6 Å². The highest BCUT2D eigenvalue weighted by atomic mass is 35.5. The Hall–Kier alpha value is -3.38.